The Morgan fingerprint density at radius 2 is 2.20 bits per heavy atom. The topological polar surface area (TPSA) is 41.6 Å². The minimum absolute atomic E-state index is 0.0202. The molecule has 110 valence electrons. The summed E-state index contributed by atoms with van der Waals surface area (Å²) in [5.74, 6) is -0.231. The summed E-state index contributed by atoms with van der Waals surface area (Å²) in [6, 6.07) is 6.89. The third-order valence-corrected chi connectivity index (χ3v) is 3.37. The summed E-state index contributed by atoms with van der Waals surface area (Å²) in [5, 5.41) is 3.04. The van der Waals surface area contributed by atoms with Gasteiger partial charge in [0.25, 0.3) is 0 Å². The molecule has 0 saturated heterocycles. The molecule has 0 spiro atoms. The maximum absolute atomic E-state index is 13.7. The predicted molar refractivity (Wildman–Crippen MR) is 74.7 cm³/mol. The Morgan fingerprint density at radius 3 is 2.85 bits per heavy atom. The fraction of sp³-hybridized carbons (Fsp3) is 0.533. The number of nitrogens with one attached hydrogen (secondary N) is 1. The van der Waals surface area contributed by atoms with Gasteiger partial charge in [0.2, 0.25) is 5.91 Å². The van der Waals surface area contributed by atoms with Gasteiger partial charge in [-0.3, -0.25) is 4.79 Å². The van der Waals surface area contributed by atoms with Crippen LogP contribution in [0.3, 0.4) is 0 Å². The lowest BCUT2D eigenvalue weighted by Crippen LogP contribution is -2.40. The third-order valence-electron chi connectivity index (χ3n) is 3.37. The van der Waals surface area contributed by atoms with Crippen LogP contribution in [0.25, 0.3) is 0 Å². The van der Waals surface area contributed by atoms with Crippen molar-refractivity contribution in [2.75, 3.05) is 26.8 Å². The molecule has 4 nitrogen and oxygen atoms in total. The molecule has 1 aliphatic carbocycles. The van der Waals surface area contributed by atoms with E-state index in [0.29, 0.717) is 25.3 Å². The van der Waals surface area contributed by atoms with Crippen molar-refractivity contribution in [1.29, 1.82) is 0 Å². The number of benzene rings is 1. The summed E-state index contributed by atoms with van der Waals surface area (Å²) in [7, 11) is 1.62. The van der Waals surface area contributed by atoms with E-state index in [1.54, 1.807) is 30.2 Å². The van der Waals surface area contributed by atoms with E-state index in [-0.39, 0.29) is 24.3 Å². The molecule has 20 heavy (non-hydrogen) atoms. The Kier molecular flexibility index (Phi) is 5.49. The summed E-state index contributed by atoms with van der Waals surface area (Å²) < 4.78 is 18.6. The van der Waals surface area contributed by atoms with Crippen molar-refractivity contribution in [3.63, 3.8) is 0 Å². The molecule has 0 unspecified atom stereocenters. The van der Waals surface area contributed by atoms with Gasteiger partial charge in [0.1, 0.15) is 5.82 Å². The first kappa shape index (κ1) is 14.9. The Hall–Kier alpha value is -1.46. The number of hydrogen-bond acceptors (Lipinski definition) is 3. The average Bonchev–Trinajstić information content (AvgIpc) is 3.27. The van der Waals surface area contributed by atoms with Crippen molar-refractivity contribution in [1.82, 2.24) is 10.2 Å². The van der Waals surface area contributed by atoms with Crippen LogP contribution in [-0.2, 0) is 16.1 Å². The van der Waals surface area contributed by atoms with E-state index in [1.165, 1.54) is 6.07 Å². The second kappa shape index (κ2) is 7.36. The summed E-state index contributed by atoms with van der Waals surface area (Å²) in [6.07, 6.45) is 2.02. The minimum atomic E-state index is -0.252. The zero-order valence-electron chi connectivity index (χ0n) is 11.8. The lowest BCUT2D eigenvalue weighted by molar-refractivity contribution is -0.131. The summed E-state index contributed by atoms with van der Waals surface area (Å²) in [6.45, 7) is 1.83. The van der Waals surface area contributed by atoms with Gasteiger partial charge in [-0.2, -0.15) is 0 Å². The molecule has 0 heterocycles. The zero-order valence-corrected chi connectivity index (χ0v) is 11.8. The predicted octanol–water partition coefficient (Wildman–Crippen LogP) is 1.55. The number of rotatable bonds is 8. The first-order valence-corrected chi connectivity index (χ1v) is 6.95. The van der Waals surface area contributed by atoms with Crippen LogP contribution in [0.15, 0.2) is 24.3 Å². The number of ether oxygens (including phenoxy) is 1. The van der Waals surface area contributed by atoms with E-state index < -0.39 is 0 Å². The van der Waals surface area contributed by atoms with Crippen LogP contribution >= 0.6 is 0 Å². The molecule has 1 N–H and O–H groups in total. The molecule has 2 rings (SSSR count). The number of nitrogens with zero attached hydrogens (tertiary/aromatic N) is 1. The molecular weight excluding hydrogens is 259 g/mol. The molecule has 1 saturated carbocycles. The number of amides is 1. The second-order valence-electron chi connectivity index (χ2n) is 5.01. The lowest BCUT2D eigenvalue weighted by Gasteiger charge is -2.23. The first-order valence-electron chi connectivity index (χ1n) is 6.95. The van der Waals surface area contributed by atoms with Gasteiger partial charge in [-0.25, -0.2) is 4.39 Å². The Balaban J connectivity index is 1.90. The van der Waals surface area contributed by atoms with Crippen LogP contribution in [0.4, 0.5) is 4.39 Å². The summed E-state index contributed by atoms with van der Waals surface area (Å²) in [5.41, 5.74) is 0.574. The normalized spacial score (nSPS) is 14.3. The molecule has 0 radical (unpaired) electrons. The van der Waals surface area contributed by atoms with Gasteiger partial charge in [-0.1, -0.05) is 18.2 Å². The maximum Gasteiger partial charge on any atom is 0.237 e. The molecule has 5 heteroatoms. The molecule has 1 fully saturated rings. The smallest absolute Gasteiger partial charge is 0.237 e. The van der Waals surface area contributed by atoms with Crippen LogP contribution < -0.4 is 5.32 Å². The van der Waals surface area contributed by atoms with Crippen LogP contribution in [-0.4, -0.2) is 43.7 Å². The maximum atomic E-state index is 13.7. The highest BCUT2D eigenvalue weighted by atomic mass is 19.1. The molecule has 0 aromatic heterocycles. The van der Waals surface area contributed by atoms with Gasteiger partial charge in [0, 0.05) is 31.8 Å². The lowest BCUT2D eigenvalue weighted by atomic mass is 10.2. The van der Waals surface area contributed by atoms with Gasteiger partial charge in [-0.05, 0) is 18.9 Å². The van der Waals surface area contributed by atoms with Crippen LogP contribution in [0.2, 0.25) is 0 Å². The molecule has 1 aliphatic rings. The van der Waals surface area contributed by atoms with Gasteiger partial charge in [0.15, 0.2) is 0 Å². The number of carbonyl (C=O) groups excluding carboxylic acids is 1. The SMILES string of the molecule is COCCNCC(=O)N(Cc1ccccc1F)C1CC1. The van der Waals surface area contributed by atoms with Crippen LogP contribution in [0.5, 0.6) is 0 Å². The molecular formula is C15H21FN2O2. The van der Waals surface area contributed by atoms with E-state index in [0.717, 1.165) is 12.8 Å². The van der Waals surface area contributed by atoms with E-state index in [2.05, 4.69) is 5.32 Å². The van der Waals surface area contributed by atoms with E-state index in [1.807, 2.05) is 0 Å². The Labute approximate surface area is 118 Å². The van der Waals surface area contributed by atoms with Crippen molar-refractivity contribution in [3.05, 3.63) is 35.6 Å². The van der Waals surface area contributed by atoms with Gasteiger partial charge in [-0.15, -0.1) is 0 Å². The highest BCUT2D eigenvalue weighted by Crippen LogP contribution is 2.28. The van der Waals surface area contributed by atoms with Crippen LogP contribution in [0, 0.1) is 5.82 Å². The molecule has 0 bridgehead atoms. The monoisotopic (exact) mass is 280 g/mol. The second-order valence-corrected chi connectivity index (χ2v) is 5.01. The Bertz CT molecular complexity index is 449. The zero-order chi connectivity index (χ0) is 14.4. The van der Waals surface area contributed by atoms with Gasteiger partial charge < -0.3 is 15.0 Å². The van der Waals surface area contributed by atoms with Crippen molar-refractivity contribution in [3.8, 4) is 0 Å². The molecule has 1 amide bonds. The van der Waals surface area contributed by atoms with E-state index >= 15 is 0 Å². The van der Waals surface area contributed by atoms with E-state index in [9.17, 15) is 9.18 Å². The van der Waals surface area contributed by atoms with E-state index in [4.69, 9.17) is 4.74 Å². The summed E-state index contributed by atoms with van der Waals surface area (Å²) in [4.78, 5) is 14.0. The van der Waals surface area contributed by atoms with Crippen molar-refractivity contribution >= 4 is 5.91 Å². The quantitative estimate of drug-likeness (QED) is 0.735. The fourth-order valence-electron chi connectivity index (χ4n) is 2.09. The van der Waals surface area contributed by atoms with Gasteiger partial charge in [0.05, 0.1) is 13.2 Å². The number of halogens is 1. The minimum Gasteiger partial charge on any atom is -0.383 e. The number of hydrogen-bond donors (Lipinski definition) is 1. The highest BCUT2D eigenvalue weighted by molar-refractivity contribution is 5.79. The largest absolute Gasteiger partial charge is 0.383 e. The van der Waals surface area contributed by atoms with Crippen molar-refractivity contribution in [2.24, 2.45) is 0 Å². The third kappa shape index (κ3) is 4.28. The number of carbonyl (C=O) groups is 1. The fourth-order valence-corrected chi connectivity index (χ4v) is 2.09. The Morgan fingerprint density at radius 1 is 1.45 bits per heavy atom. The molecule has 0 aliphatic heterocycles. The summed E-state index contributed by atoms with van der Waals surface area (Å²) >= 11 is 0. The first-order chi connectivity index (χ1) is 9.72. The molecule has 0 atom stereocenters. The van der Waals surface area contributed by atoms with Crippen molar-refractivity contribution in [2.45, 2.75) is 25.4 Å². The average molecular weight is 280 g/mol. The van der Waals surface area contributed by atoms with Crippen LogP contribution in [0.1, 0.15) is 18.4 Å². The standard InChI is InChI=1S/C15H21FN2O2/c1-20-9-8-17-10-15(19)18(13-6-7-13)11-12-4-2-3-5-14(12)16/h2-5,13,17H,6-11H2,1H3. The van der Waals surface area contributed by atoms with Crippen molar-refractivity contribution < 1.29 is 13.9 Å². The molecule has 1 aromatic rings. The highest BCUT2D eigenvalue weighted by Gasteiger charge is 2.32. The molecule has 1 aromatic carbocycles. The number of methoxy groups -OCH3 is 1. The van der Waals surface area contributed by atoms with Gasteiger partial charge >= 0.3 is 0 Å².